The molecule has 0 fully saturated rings. The molecule has 0 saturated carbocycles. The smallest absolute Gasteiger partial charge is 0.256 e. The predicted octanol–water partition coefficient (Wildman–Crippen LogP) is 9.90. The summed E-state index contributed by atoms with van der Waals surface area (Å²) in [4.78, 5) is 5.11. The highest BCUT2D eigenvalue weighted by Crippen LogP contribution is 2.57. The van der Waals surface area contributed by atoms with E-state index in [4.69, 9.17) is 28.4 Å². The van der Waals surface area contributed by atoms with Gasteiger partial charge in [-0.05, 0) is 88.0 Å². The van der Waals surface area contributed by atoms with Gasteiger partial charge in [0.2, 0.25) is 0 Å². The van der Waals surface area contributed by atoms with Crippen molar-refractivity contribution >= 4 is 32.3 Å². The Balaban J connectivity index is 1.09. The second-order valence-electron chi connectivity index (χ2n) is 20.3. The second-order valence-corrected chi connectivity index (χ2v) is 20.3. The fourth-order valence-electron chi connectivity index (χ4n) is 9.41. The van der Waals surface area contributed by atoms with Crippen LogP contribution in [0.5, 0.6) is 34.5 Å². The van der Waals surface area contributed by atoms with E-state index in [-0.39, 0.29) is 16.2 Å². The third-order valence-electron chi connectivity index (χ3n) is 13.2. The van der Waals surface area contributed by atoms with E-state index in [1.54, 1.807) is 51.6 Å². The van der Waals surface area contributed by atoms with Gasteiger partial charge in [0, 0.05) is 35.5 Å². The molecule has 0 bridgehead atoms. The summed E-state index contributed by atoms with van der Waals surface area (Å²) in [6, 6.07) is 12.8. The van der Waals surface area contributed by atoms with E-state index < -0.39 is 17.4 Å². The summed E-state index contributed by atoms with van der Waals surface area (Å²) in [7, 11) is 0. The first-order valence-corrected chi connectivity index (χ1v) is 22.2. The van der Waals surface area contributed by atoms with E-state index in [0.29, 0.717) is 73.4 Å². The van der Waals surface area contributed by atoms with E-state index in [2.05, 4.69) is 129 Å². The first-order chi connectivity index (χ1) is 30.0. The Morgan fingerprint density at radius 1 is 0.349 bits per heavy atom. The van der Waals surface area contributed by atoms with Crippen LogP contribution in [-0.4, -0.2) is 62.3 Å². The number of nitrogens with zero attached hydrogens (tertiary/aromatic N) is 9. The van der Waals surface area contributed by atoms with Crippen LogP contribution in [0, 0.1) is 16.2 Å². The van der Waals surface area contributed by atoms with Crippen LogP contribution < -0.4 is 28.4 Å². The topological polar surface area (TPSA) is 148 Å². The van der Waals surface area contributed by atoms with Crippen molar-refractivity contribution in [1.82, 2.24) is 45.0 Å². The molecule has 0 spiro atoms. The van der Waals surface area contributed by atoms with Crippen LogP contribution in [0.1, 0.15) is 101 Å². The van der Waals surface area contributed by atoms with Crippen LogP contribution in [0.25, 0.3) is 32.3 Å². The number of aryl methyl sites for hydroxylation is 3. The third kappa shape index (κ3) is 6.94. The average Bonchev–Trinajstić information content (AvgIpc) is 4.07. The predicted molar refractivity (Wildman–Crippen MR) is 237 cm³/mol. The number of hydrogen-bond acceptors (Lipinski definition) is 12. The van der Waals surface area contributed by atoms with Crippen LogP contribution in [0.4, 0.5) is 0 Å². The van der Waals surface area contributed by atoms with Crippen molar-refractivity contribution in [3.8, 4) is 34.5 Å². The molecule has 3 aliphatic heterocycles. The molecular weight excluding hydrogens is 799 g/mol. The zero-order valence-corrected chi connectivity index (χ0v) is 37.8. The van der Waals surface area contributed by atoms with Gasteiger partial charge in [-0.2, -0.15) is 45.0 Å². The highest BCUT2D eigenvalue weighted by molar-refractivity contribution is 6.27. The zero-order valence-electron chi connectivity index (χ0n) is 37.8. The fourth-order valence-corrected chi connectivity index (χ4v) is 9.41. The minimum absolute atomic E-state index is 0.370. The molecule has 6 heterocycles. The van der Waals surface area contributed by atoms with Gasteiger partial charge in [0.15, 0.2) is 34.5 Å². The molecule has 10 rings (SSSR count). The lowest BCUT2D eigenvalue weighted by Gasteiger charge is -2.39. The molecule has 3 aromatic heterocycles. The summed E-state index contributed by atoms with van der Waals surface area (Å²) in [6.45, 7) is 21.4. The average molecular weight is 856 g/mol. The molecule has 15 heteroatoms. The first-order valence-electron chi connectivity index (χ1n) is 22.2. The Morgan fingerprint density at radius 3 is 0.714 bits per heavy atom. The molecule has 0 unspecified atom stereocenters. The van der Waals surface area contributed by atoms with Gasteiger partial charge in [-0.15, -0.1) is 0 Å². The van der Waals surface area contributed by atoms with Gasteiger partial charge >= 0.3 is 0 Å². The lowest BCUT2D eigenvalue weighted by Crippen LogP contribution is -2.50. The van der Waals surface area contributed by atoms with E-state index in [1.165, 1.54) is 0 Å². The maximum atomic E-state index is 7.00. The number of benzene rings is 4. The quantitative estimate of drug-likeness (QED) is 0.108. The summed E-state index contributed by atoms with van der Waals surface area (Å²) in [5.41, 5.74) is -1.11. The van der Waals surface area contributed by atoms with Gasteiger partial charge in [0.25, 0.3) is 17.4 Å². The van der Waals surface area contributed by atoms with Crippen molar-refractivity contribution in [1.29, 1.82) is 0 Å². The summed E-state index contributed by atoms with van der Waals surface area (Å²) in [5.74, 6) is 1.43. The molecule has 15 nitrogen and oxygen atoms in total. The van der Waals surface area contributed by atoms with Gasteiger partial charge in [-0.25, -0.2) is 0 Å². The molecule has 63 heavy (non-hydrogen) atoms. The van der Waals surface area contributed by atoms with Crippen LogP contribution >= 0.6 is 0 Å². The zero-order chi connectivity index (χ0) is 44.0. The number of hydrogen-bond donors (Lipinski definition) is 0. The van der Waals surface area contributed by atoms with Gasteiger partial charge in [-0.3, -0.25) is 0 Å². The standard InChI is InChI=1S/C48H57N9O6/c1-43(2,3)46(13-10-22-55-49-16-17-50-55)58-37-25-31-32(26-38(37)59-46)34-28-40-42(63-48(61-40,45(7,8)9)15-12-24-57-53-20-21-54-57)30-36(34)35-29-41-39(27-33(31)35)60-47(62-41,44(4,5)6)14-11-23-56-51-18-19-52-56/h16-21,25-30H,10-15,22-24H2,1-9H3. The van der Waals surface area contributed by atoms with E-state index in [9.17, 15) is 0 Å². The van der Waals surface area contributed by atoms with Crippen molar-refractivity contribution in [2.75, 3.05) is 0 Å². The van der Waals surface area contributed by atoms with Gasteiger partial charge in [0.1, 0.15) is 0 Å². The molecule has 4 aromatic carbocycles. The van der Waals surface area contributed by atoms with E-state index >= 15 is 0 Å². The Morgan fingerprint density at radius 2 is 0.540 bits per heavy atom. The summed E-state index contributed by atoms with van der Waals surface area (Å²) < 4.78 is 42.0. The maximum Gasteiger partial charge on any atom is 0.256 e. The van der Waals surface area contributed by atoms with E-state index in [1.807, 2.05) is 0 Å². The van der Waals surface area contributed by atoms with Crippen molar-refractivity contribution in [3.05, 3.63) is 73.6 Å². The molecule has 0 amide bonds. The van der Waals surface area contributed by atoms with Crippen LogP contribution in [-0.2, 0) is 19.6 Å². The largest absolute Gasteiger partial charge is 0.448 e. The highest BCUT2D eigenvalue weighted by Gasteiger charge is 2.54. The molecule has 330 valence electrons. The molecule has 0 radical (unpaired) electrons. The minimum atomic E-state index is -0.919. The van der Waals surface area contributed by atoms with Crippen molar-refractivity contribution < 1.29 is 28.4 Å². The van der Waals surface area contributed by atoms with Crippen LogP contribution in [0.3, 0.4) is 0 Å². The lowest BCUT2D eigenvalue weighted by molar-refractivity contribution is -0.165. The summed E-state index contributed by atoms with van der Waals surface area (Å²) in [5, 5.41) is 31.9. The second kappa shape index (κ2) is 14.5. The Kier molecular flexibility index (Phi) is 9.39. The highest BCUT2D eigenvalue weighted by atomic mass is 16.7. The Bertz CT molecular complexity index is 2360. The van der Waals surface area contributed by atoms with Crippen LogP contribution in [0.2, 0.25) is 0 Å². The molecule has 0 N–H and O–H groups in total. The normalized spacial score (nSPS) is 21.7. The van der Waals surface area contributed by atoms with Crippen molar-refractivity contribution in [2.24, 2.45) is 16.2 Å². The lowest BCUT2D eigenvalue weighted by atomic mass is 9.82. The summed E-state index contributed by atoms with van der Waals surface area (Å²) in [6.07, 6.45) is 14.4. The first kappa shape index (κ1) is 40.9. The molecule has 7 aromatic rings. The summed E-state index contributed by atoms with van der Waals surface area (Å²) >= 11 is 0. The maximum absolute atomic E-state index is 7.00. The monoisotopic (exact) mass is 855 g/mol. The van der Waals surface area contributed by atoms with Gasteiger partial charge in [0.05, 0.1) is 56.8 Å². The number of rotatable bonds is 12. The van der Waals surface area contributed by atoms with Gasteiger partial charge < -0.3 is 28.4 Å². The molecular formula is C48H57N9O6. The number of fused-ring (bicyclic) bond motifs is 9. The third-order valence-corrected chi connectivity index (χ3v) is 13.2. The number of aromatic nitrogens is 9. The van der Waals surface area contributed by atoms with Crippen molar-refractivity contribution in [2.45, 2.75) is 138 Å². The molecule has 0 atom stereocenters. The van der Waals surface area contributed by atoms with Crippen LogP contribution in [0.15, 0.2) is 73.6 Å². The molecule has 3 aliphatic rings. The molecule has 0 aliphatic carbocycles. The van der Waals surface area contributed by atoms with Crippen molar-refractivity contribution in [3.63, 3.8) is 0 Å². The molecule has 0 saturated heterocycles. The minimum Gasteiger partial charge on any atom is -0.448 e. The Labute approximate surface area is 366 Å². The SMILES string of the molecule is CC(C)(C)C1(CCCn2nccn2)Oc2cc3c4cc5c(cc4c4cc6c(cc4c3cc2O1)OC(CCCn1nccn1)(C(C)(C)C)O6)OC(CCCn1nccn1)(C(C)(C)C)O5. The fraction of sp³-hybridized carbons (Fsp3) is 0.500. The number of ether oxygens (including phenoxy) is 6. The Hall–Kier alpha value is -6.12. The van der Waals surface area contributed by atoms with Gasteiger partial charge in [-0.1, -0.05) is 62.3 Å². The van der Waals surface area contributed by atoms with E-state index in [0.717, 1.165) is 51.6 Å².